The molecule has 0 heterocycles. The Morgan fingerprint density at radius 3 is 2.63 bits per heavy atom. The number of amides is 1. The van der Waals surface area contributed by atoms with Crippen molar-refractivity contribution >= 4 is 17.5 Å². The highest BCUT2D eigenvalue weighted by molar-refractivity contribution is 6.20. The van der Waals surface area contributed by atoms with Crippen LogP contribution < -0.4 is 5.32 Å². The minimum atomic E-state index is -0.0857. The Labute approximate surface area is 120 Å². The molecule has 0 saturated carbocycles. The molecule has 1 N–H and O–H groups in total. The highest BCUT2D eigenvalue weighted by atomic mass is 35.5. The number of halogens is 1. The fourth-order valence-electron chi connectivity index (χ4n) is 2.00. The Hall–Kier alpha value is -1.06. The van der Waals surface area contributed by atoms with E-state index in [1.54, 1.807) is 7.11 Å². The van der Waals surface area contributed by atoms with Gasteiger partial charge >= 0.3 is 0 Å². The van der Waals surface area contributed by atoms with Gasteiger partial charge in [0.25, 0.3) is 0 Å². The van der Waals surface area contributed by atoms with Gasteiger partial charge in [0.15, 0.2) is 0 Å². The molecular formula is C15H22ClNO2. The first-order valence-corrected chi connectivity index (χ1v) is 7.08. The molecule has 0 saturated heterocycles. The van der Waals surface area contributed by atoms with Crippen molar-refractivity contribution in [2.24, 2.45) is 0 Å². The Balaban J connectivity index is 2.43. The third kappa shape index (κ3) is 5.62. The van der Waals surface area contributed by atoms with E-state index in [9.17, 15) is 4.79 Å². The van der Waals surface area contributed by atoms with Crippen LogP contribution >= 0.6 is 11.6 Å². The van der Waals surface area contributed by atoms with Crippen LogP contribution in [0, 0.1) is 0 Å². The van der Waals surface area contributed by atoms with Gasteiger partial charge in [-0.25, -0.2) is 0 Å². The van der Waals surface area contributed by atoms with E-state index in [1.165, 1.54) is 0 Å². The highest BCUT2D eigenvalue weighted by Gasteiger charge is 2.18. The maximum Gasteiger partial charge on any atom is 0.227 e. The molecule has 0 radical (unpaired) electrons. The smallest absolute Gasteiger partial charge is 0.227 e. The lowest BCUT2D eigenvalue weighted by Crippen LogP contribution is -2.31. The Morgan fingerprint density at radius 1 is 1.37 bits per heavy atom. The molecule has 0 aliphatic rings. The summed E-state index contributed by atoms with van der Waals surface area (Å²) in [6.45, 7) is 3.11. The fourth-order valence-corrected chi connectivity index (χ4v) is 2.23. The highest BCUT2D eigenvalue weighted by Crippen LogP contribution is 2.19. The Morgan fingerprint density at radius 2 is 2.05 bits per heavy atom. The van der Waals surface area contributed by atoms with E-state index in [2.05, 4.69) is 5.32 Å². The summed E-state index contributed by atoms with van der Waals surface area (Å²) in [5.74, 6) is -0.0209. The summed E-state index contributed by atoms with van der Waals surface area (Å²) >= 11 is 6.02. The van der Waals surface area contributed by atoms with Gasteiger partial charge < -0.3 is 10.1 Å². The average Bonchev–Trinajstić information content (AvgIpc) is 2.41. The SMILES string of the molecule is CCC(C(=O)NCCC(Cl)COC)c1ccccc1. The fraction of sp³-hybridized carbons (Fsp3) is 0.533. The lowest BCUT2D eigenvalue weighted by molar-refractivity contribution is -0.122. The molecule has 0 fully saturated rings. The van der Waals surface area contributed by atoms with E-state index in [0.717, 1.165) is 12.0 Å². The van der Waals surface area contributed by atoms with Crippen molar-refractivity contribution < 1.29 is 9.53 Å². The molecule has 0 bridgehead atoms. The van der Waals surface area contributed by atoms with Crippen LogP contribution in [0.2, 0.25) is 0 Å². The zero-order valence-corrected chi connectivity index (χ0v) is 12.3. The van der Waals surface area contributed by atoms with Crippen molar-refractivity contribution in [2.45, 2.75) is 31.1 Å². The Kier molecular flexibility index (Phi) is 7.53. The number of alkyl halides is 1. The Bertz CT molecular complexity index is 370. The summed E-state index contributed by atoms with van der Waals surface area (Å²) in [4.78, 5) is 12.1. The number of methoxy groups -OCH3 is 1. The first-order chi connectivity index (χ1) is 9.19. The normalized spacial score (nSPS) is 13.8. The van der Waals surface area contributed by atoms with Gasteiger partial charge in [-0.1, -0.05) is 37.3 Å². The molecule has 0 aliphatic carbocycles. The molecule has 4 heteroatoms. The summed E-state index contributed by atoms with van der Waals surface area (Å²) < 4.78 is 4.95. The molecule has 0 aliphatic heterocycles. The maximum absolute atomic E-state index is 12.1. The molecule has 106 valence electrons. The van der Waals surface area contributed by atoms with E-state index >= 15 is 0 Å². The van der Waals surface area contributed by atoms with Gasteiger partial charge in [-0.05, 0) is 18.4 Å². The van der Waals surface area contributed by atoms with Crippen LogP contribution in [0.1, 0.15) is 31.2 Å². The van der Waals surface area contributed by atoms with Crippen LogP contribution in [0.5, 0.6) is 0 Å². The summed E-state index contributed by atoms with van der Waals surface area (Å²) in [5, 5.41) is 2.89. The number of rotatable bonds is 8. The summed E-state index contributed by atoms with van der Waals surface area (Å²) in [7, 11) is 1.62. The lowest BCUT2D eigenvalue weighted by Gasteiger charge is -2.16. The number of hydrogen-bond acceptors (Lipinski definition) is 2. The third-order valence-electron chi connectivity index (χ3n) is 3.03. The predicted octanol–water partition coefficient (Wildman–Crippen LogP) is 2.94. The summed E-state index contributed by atoms with van der Waals surface area (Å²) in [6, 6.07) is 9.85. The molecule has 0 aromatic heterocycles. The van der Waals surface area contributed by atoms with Crippen LogP contribution in [0.4, 0.5) is 0 Å². The van der Waals surface area contributed by atoms with Crippen molar-refractivity contribution in [3.63, 3.8) is 0 Å². The van der Waals surface area contributed by atoms with Crippen molar-refractivity contribution in [2.75, 3.05) is 20.3 Å². The second-order valence-corrected chi connectivity index (χ2v) is 5.12. The molecule has 1 rings (SSSR count). The van der Waals surface area contributed by atoms with Crippen molar-refractivity contribution in [1.29, 1.82) is 0 Å². The van der Waals surface area contributed by atoms with E-state index in [4.69, 9.17) is 16.3 Å². The number of nitrogens with one attached hydrogen (secondary N) is 1. The lowest BCUT2D eigenvalue weighted by atomic mass is 9.95. The second-order valence-electron chi connectivity index (χ2n) is 4.50. The van der Waals surface area contributed by atoms with E-state index in [1.807, 2.05) is 37.3 Å². The molecule has 1 aromatic rings. The quantitative estimate of drug-likeness (QED) is 0.745. The van der Waals surface area contributed by atoms with Crippen LogP contribution in [-0.4, -0.2) is 31.5 Å². The molecule has 2 atom stereocenters. The number of benzene rings is 1. The number of hydrogen-bond donors (Lipinski definition) is 1. The molecular weight excluding hydrogens is 262 g/mol. The van der Waals surface area contributed by atoms with Gasteiger partial charge in [0.05, 0.1) is 17.9 Å². The standard InChI is InChI=1S/C15H22ClNO2/c1-3-14(12-7-5-4-6-8-12)15(18)17-10-9-13(16)11-19-2/h4-8,13-14H,3,9-11H2,1-2H3,(H,17,18). The van der Waals surface area contributed by atoms with Crippen LogP contribution in [-0.2, 0) is 9.53 Å². The van der Waals surface area contributed by atoms with E-state index in [-0.39, 0.29) is 17.2 Å². The zero-order chi connectivity index (χ0) is 14.1. The zero-order valence-electron chi connectivity index (χ0n) is 11.6. The summed E-state index contributed by atoms with van der Waals surface area (Å²) in [6.07, 6.45) is 1.50. The van der Waals surface area contributed by atoms with E-state index in [0.29, 0.717) is 19.6 Å². The molecule has 0 spiro atoms. The van der Waals surface area contributed by atoms with Crippen molar-refractivity contribution in [3.05, 3.63) is 35.9 Å². The van der Waals surface area contributed by atoms with Gasteiger partial charge in [-0.15, -0.1) is 11.6 Å². The number of ether oxygens (including phenoxy) is 1. The second kappa shape index (κ2) is 8.94. The predicted molar refractivity (Wildman–Crippen MR) is 78.6 cm³/mol. The van der Waals surface area contributed by atoms with Gasteiger partial charge in [-0.2, -0.15) is 0 Å². The largest absolute Gasteiger partial charge is 0.383 e. The van der Waals surface area contributed by atoms with Crippen LogP contribution in [0.15, 0.2) is 30.3 Å². The average molecular weight is 284 g/mol. The number of carbonyl (C=O) groups is 1. The minimum absolute atomic E-state index is 0.0536. The molecule has 3 nitrogen and oxygen atoms in total. The van der Waals surface area contributed by atoms with Crippen molar-refractivity contribution in [1.82, 2.24) is 5.32 Å². The minimum Gasteiger partial charge on any atom is -0.383 e. The maximum atomic E-state index is 12.1. The van der Waals surface area contributed by atoms with Gasteiger partial charge in [0, 0.05) is 13.7 Å². The van der Waals surface area contributed by atoms with Gasteiger partial charge in [0.1, 0.15) is 0 Å². The first-order valence-electron chi connectivity index (χ1n) is 6.64. The summed E-state index contributed by atoms with van der Waals surface area (Å²) in [5.41, 5.74) is 1.06. The van der Waals surface area contributed by atoms with Gasteiger partial charge in [0.2, 0.25) is 5.91 Å². The first kappa shape index (κ1) is 16.0. The molecule has 1 aromatic carbocycles. The molecule has 1 amide bonds. The van der Waals surface area contributed by atoms with Crippen LogP contribution in [0.25, 0.3) is 0 Å². The van der Waals surface area contributed by atoms with Crippen LogP contribution in [0.3, 0.4) is 0 Å². The molecule has 2 unspecified atom stereocenters. The van der Waals surface area contributed by atoms with E-state index < -0.39 is 0 Å². The van der Waals surface area contributed by atoms with Gasteiger partial charge in [-0.3, -0.25) is 4.79 Å². The molecule has 19 heavy (non-hydrogen) atoms. The van der Waals surface area contributed by atoms with Crippen molar-refractivity contribution in [3.8, 4) is 0 Å². The third-order valence-corrected chi connectivity index (χ3v) is 3.38. The number of carbonyl (C=O) groups excluding carboxylic acids is 1. The topological polar surface area (TPSA) is 38.3 Å². The monoisotopic (exact) mass is 283 g/mol.